The van der Waals surface area contributed by atoms with Crippen LogP contribution in [0.1, 0.15) is 33.5 Å². The van der Waals surface area contributed by atoms with E-state index in [0.717, 1.165) is 11.8 Å². The summed E-state index contributed by atoms with van der Waals surface area (Å²) in [6, 6.07) is 5.51. The van der Waals surface area contributed by atoms with E-state index >= 15 is 0 Å². The summed E-state index contributed by atoms with van der Waals surface area (Å²) in [5, 5.41) is 13.0. The molecule has 162 valence electrons. The second-order valence-electron chi connectivity index (χ2n) is 7.47. The average Bonchev–Trinajstić information content (AvgIpc) is 3.01. The van der Waals surface area contributed by atoms with Crippen molar-refractivity contribution in [3.05, 3.63) is 48.6 Å². The molecule has 10 heteroatoms. The highest BCUT2D eigenvalue weighted by Gasteiger charge is 2.23. The lowest BCUT2D eigenvalue weighted by Crippen LogP contribution is -2.49. The molecule has 8 nitrogen and oxygen atoms in total. The molecule has 0 bridgehead atoms. The molecule has 1 atom stereocenters. The number of ether oxygens (including phenoxy) is 1. The Hall–Kier alpha value is -2.88. The lowest BCUT2D eigenvalue weighted by molar-refractivity contribution is -0.119. The maximum atomic E-state index is 13.7. The van der Waals surface area contributed by atoms with Crippen LogP contribution in [-0.2, 0) is 17.9 Å². The zero-order valence-corrected chi connectivity index (χ0v) is 18.3. The molecular formula is C20H26FN5O3S. The lowest BCUT2D eigenvalue weighted by atomic mass is 10.1. The number of aromatic nitrogens is 3. The van der Waals surface area contributed by atoms with Gasteiger partial charge in [0.2, 0.25) is 5.91 Å². The summed E-state index contributed by atoms with van der Waals surface area (Å²) in [6.45, 7) is 11.2. The number of amides is 3. The van der Waals surface area contributed by atoms with Gasteiger partial charge in [-0.15, -0.1) is 16.8 Å². The molecule has 1 unspecified atom stereocenters. The SMILES string of the molecule is C=CCn1c(COc2ccccc2F)nnc1SC(C)C(=O)NC(=O)NC(C)(C)C. The van der Waals surface area contributed by atoms with Crippen LogP contribution < -0.4 is 15.4 Å². The van der Waals surface area contributed by atoms with Gasteiger partial charge in [-0.05, 0) is 39.8 Å². The molecule has 0 saturated carbocycles. The third kappa shape index (κ3) is 6.87. The minimum absolute atomic E-state index is 0.00308. The minimum Gasteiger partial charge on any atom is -0.483 e. The number of thioether (sulfide) groups is 1. The Kier molecular flexibility index (Phi) is 7.99. The zero-order chi connectivity index (χ0) is 22.3. The Labute approximate surface area is 179 Å². The summed E-state index contributed by atoms with van der Waals surface area (Å²) < 4.78 is 21.0. The highest BCUT2D eigenvalue weighted by Crippen LogP contribution is 2.24. The molecule has 2 N–H and O–H groups in total. The number of rotatable bonds is 8. The maximum absolute atomic E-state index is 13.7. The molecule has 0 aliphatic rings. The molecule has 0 aliphatic carbocycles. The largest absolute Gasteiger partial charge is 0.483 e. The van der Waals surface area contributed by atoms with Gasteiger partial charge in [-0.3, -0.25) is 14.7 Å². The van der Waals surface area contributed by atoms with Crippen molar-refractivity contribution >= 4 is 23.7 Å². The second-order valence-corrected chi connectivity index (χ2v) is 8.78. The topological polar surface area (TPSA) is 98.1 Å². The van der Waals surface area contributed by atoms with E-state index in [1.54, 1.807) is 29.7 Å². The molecule has 1 aromatic carbocycles. The number of hydrogen-bond donors (Lipinski definition) is 2. The van der Waals surface area contributed by atoms with Crippen LogP contribution in [0, 0.1) is 5.82 Å². The summed E-state index contributed by atoms with van der Waals surface area (Å²) in [6.07, 6.45) is 1.65. The van der Waals surface area contributed by atoms with E-state index in [1.165, 1.54) is 12.1 Å². The number of nitrogens with one attached hydrogen (secondary N) is 2. The first-order valence-corrected chi connectivity index (χ1v) is 10.2. The van der Waals surface area contributed by atoms with Crippen LogP contribution >= 0.6 is 11.8 Å². The predicted octanol–water partition coefficient (Wildman–Crippen LogP) is 3.29. The highest BCUT2D eigenvalue weighted by atomic mass is 32.2. The molecule has 0 fully saturated rings. The Balaban J connectivity index is 2.04. The van der Waals surface area contributed by atoms with Gasteiger partial charge in [-0.1, -0.05) is 30.0 Å². The van der Waals surface area contributed by atoms with Gasteiger partial charge in [0.1, 0.15) is 6.61 Å². The first kappa shape index (κ1) is 23.4. The fraction of sp³-hybridized carbons (Fsp3) is 0.400. The molecule has 30 heavy (non-hydrogen) atoms. The van der Waals surface area contributed by atoms with Gasteiger partial charge in [-0.25, -0.2) is 9.18 Å². The molecule has 3 amide bonds. The van der Waals surface area contributed by atoms with Gasteiger partial charge in [0.15, 0.2) is 22.5 Å². The molecular weight excluding hydrogens is 409 g/mol. The van der Waals surface area contributed by atoms with Crippen molar-refractivity contribution < 1.29 is 18.7 Å². The van der Waals surface area contributed by atoms with E-state index in [9.17, 15) is 14.0 Å². The first-order chi connectivity index (χ1) is 14.1. The summed E-state index contributed by atoms with van der Waals surface area (Å²) in [5.41, 5.74) is -0.460. The number of allylic oxidation sites excluding steroid dienone is 1. The molecule has 1 aromatic heterocycles. The van der Waals surface area contributed by atoms with E-state index in [-0.39, 0.29) is 12.4 Å². The van der Waals surface area contributed by atoms with Gasteiger partial charge in [0, 0.05) is 12.1 Å². The van der Waals surface area contributed by atoms with Crippen molar-refractivity contribution in [3.8, 4) is 5.75 Å². The number of imide groups is 1. The number of benzene rings is 1. The number of halogens is 1. The van der Waals surface area contributed by atoms with E-state index < -0.39 is 28.5 Å². The van der Waals surface area contributed by atoms with Crippen LogP contribution in [-0.4, -0.2) is 37.5 Å². The normalized spacial score (nSPS) is 12.2. The molecule has 2 aromatic rings. The van der Waals surface area contributed by atoms with Crippen molar-refractivity contribution in [2.45, 2.75) is 56.8 Å². The Morgan fingerprint density at radius 2 is 2.03 bits per heavy atom. The second kappa shape index (κ2) is 10.2. The third-order valence-corrected chi connectivity index (χ3v) is 4.76. The average molecular weight is 436 g/mol. The van der Waals surface area contributed by atoms with Crippen molar-refractivity contribution in [2.75, 3.05) is 0 Å². The summed E-state index contributed by atoms with van der Waals surface area (Å²) in [4.78, 5) is 24.2. The van der Waals surface area contributed by atoms with Crippen LogP contribution in [0.3, 0.4) is 0 Å². The molecule has 0 spiro atoms. The number of carbonyl (C=O) groups excluding carboxylic acids is 2. The minimum atomic E-state index is -0.608. The molecule has 2 rings (SSSR count). The lowest BCUT2D eigenvalue weighted by Gasteiger charge is -2.21. The van der Waals surface area contributed by atoms with Crippen LogP contribution in [0.15, 0.2) is 42.1 Å². The van der Waals surface area contributed by atoms with Gasteiger partial charge in [-0.2, -0.15) is 0 Å². The Morgan fingerprint density at radius 3 is 2.67 bits per heavy atom. The van der Waals surface area contributed by atoms with Crippen molar-refractivity contribution in [1.82, 2.24) is 25.4 Å². The zero-order valence-electron chi connectivity index (χ0n) is 17.4. The molecule has 0 saturated heterocycles. The fourth-order valence-electron chi connectivity index (χ4n) is 2.33. The summed E-state index contributed by atoms with van der Waals surface area (Å²) >= 11 is 1.14. The van der Waals surface area contributed by atoms with Gasteiger partial charge in [0.05, 0.1) is 5.25 Å². The molecule has 0 aliphatic heterocycles. The highest BCUT2D eigenvalue weighted by molar-refractivity contribution is 8.00. The van der Waals surface area contributed by atoms with Crippen LogP contribution in [0.25, 0.3) is 0 Å². The standard InChI is InChI=1S/C20H26FN5O3S/c1-6-11-26-16(12-29-15-10-8-7-9-14(15)21)24-25-19(26)30-13(2)17(27)22-18(28)23-20(3,4)5/h6-10,13H,1,11-12H2,2-5H3,(H2,22,23,27,28). The van der Waals surface area contributed by atoms with Crippen molar-refractivity contribution in [2.24, 2.45) is 0 Å². The maximum Gasteiger partial charge on any atom is 0.321 e. The summed E-state index contributed by atoms with van der Waals surface area (Å²) in [7, 11) is 0. The number of para-hydroxylation sites is 1. The first-order valence-electron chi connectivity index (χ1n) is 9.30. The number of hydrogen-bond acceptors (Lipinski definition) is 6. The monoisotopic (exact) mass is 435 g/mol. The molecule has 0 radical (unpaired) electrons. The van der Waals surface area contributed by atoms with Crippen LogP contribution in [0.5, 0.6) is 5.75 Å². The number of carbonyl (C=O) groups is 2. The smallest absolute Gasteiger partial charge is 0.321 e. The van der Waals surface area contributed by atoms with Gasteiger partial charge < -0.3 is 10.1 Å². The van der Waals surface area contributed by atoms with Gasteiger partial charge >= 0.3 is 6.03 Å². The fourth-order valence-corrected chi connectivity index (χ4v) is 3.20. The number of urea groups is 1. The Bertz CT molecular complexity index is 910. The van der Waals surface area contributed by atoms with E-state index in [1.807, 2.05) is 20.8 Å². The van der Waals surface area contributed by atoms with Crippen molar-refractivity contribution in [1.29, 1.82) is 0 Å². The van der Waals surface area contributed by atoms with Gasteiger partial charge in [0.25, 0.3) is 0 Å². The summed E-state index contributed by atoms with van der Waals surface area (Å²) in [5.74, 6) is -0.365. The third-order valence-electron chi connectivity index (χ3n) is 3.68. The van der Waals surface area contributed by atoms with E-state index in [0.29, 0.717) is 17.5 Å². The van der Waals surface area contributed by atoms with E-state index in [2.05, 4.69) is 27.4 Å². The van der Waals surface area contributed by atoms with Crippen LogP contribution in [0.2, 0.25) is 0 Å². The van der Waals surface area contributed by atoms with E-state index in [4.69, 9.17) is 4.74 Å². The van der Waals surface area contributed by atoms with Crippen molar-refractivity contribution in [3.63, 3.8) is 0 Å². The Morgan fingerprint density at radius 1 is 1.33 bits per heavy atom. The number of nitrogens with zero attached hydrogens (tertiary/aromatic N) is 3. The van der Waals surface area contributed by atoms with Crippen LogP contribution in [0.4, 0.5) is 9.18 Å². The quantitative estimate of drug-likeness (QED) is 0.488. The predicted molar refractivity (Wildman–Crippen MR) is 113 cm³/mol. The molecule has 1 heterocycles.